The molecule has 0 bridgehead atoms. The van der Waals surface area contributed by atoms with E-state index in [1.807, 2.05) is 0 Å². The number of hydrogen-bond donors (Lipinski definition) is 1. The lowest BCUT2D eigenvalue weighted by molar-refractivity contribution is -0.155. The van der Waals surface area contributed by atoms with Crippen LogP contribution < -0.4 is 0 Å². The average molecular weight is 294 g/mol. The number of nitrogens with zero attached hydrogens (tertiary/aromatic N) is 2. The molecular weight excluding hydrogens is 272 g/mol. The van der Waals surface area contributed by atoms with E-state index in [4.69, 9.17) is 0 Å². The molecule has 2 amide bonds. The molecule has 1 aliphatic carbocycles. The van der Waals surface area contributed by atoms with Crippen LogP contribution in [0.3, 0.4) is 0 Å². The Labute approximate surface area is 124 Å². The molecule has 0 aromatic carbocycles. The van der Waals surface area contributed by atoms with Crippen molar-refractivity contribution in [2.75, 3.05) is 13.1 Å². The van der Waals surface area contributed by atoms with E-state index in [1.165, 1.54) is 4.90 Å². The third-order valence-electron chi connectivity index (χ3n) is 4.82. The summed E-state index contributed by atoms with van der Waals surface area (Å²) in [7, 11) is 0. The van der Waals surface area contributed by atoms with Gasteiger partial charge in [0, 0.05) is 19.0 Å². The van der Waals surface area contributed by atoms with Crippen LogP contribution in [0.5, 0.6) is 0 Å². The van der Waals surface area contributed by atoms with E-state index >= 15 is 0 Å². The van der Waals surface area contributed by atoms with Gasteiger partial charge in [0.05, 0.1) is 0 Å². The van der Waals surface area contributed by atoms with Crippen molar-refractivity contribution < 1.29 is 19.5 Å². The fraction of sp³-hybridized carbons (Fsp3) is 0.800. The number of hydrogen-bond acceptors (Lipinski definition) is 3. The summed E-state index contributed by atoms with van der Waals surface area (Å²) in [6.07, 6.45) is 5.56. The zero-order chi connectivity index (χ0) is 15.0. The Morgan fingerprint density at radius 1 is 0.762 bits per heavy atom. The molecule has 1 N–H and O–H groups in total. The predicted molar refractivity (Wildman–Crippen MR) is 74.4 cm³/mol. The molecule has 0 radical (unpaired) electrons. The number of amides is 2. The topological polar surface area (TPSA) is 77.9 Å². The molecule has 2 aliphatic heterocycles. The van der Waals surface area contributed by atoms with Gasteiger partial charge in [-0.1, -0.05) is 0 Å². The maximum absolute atomic E-state index is 12.7. The van der Waals surface area contributed by atoms with Gasteiger partial charge in [-0.2, -0.15) is 0 Å². The molecule has 0 spiro atoms. The fourth-order valence-corrected chi connectivity index (χ4v) is 3.50. The van der Waals surface area contributed by atoms with Crippen molar-refractivity contribution in [3.05, 3.63) is 0 Å². The predicted octanol–water partition coefficient (Wildman–Crippen LogP) is 0.853. The lowest BCUT2D eigenvalue weighted by atomic mass is 10.0. The van der Waals surface area contributed by atoms with Gasteiger partial charge in [0.2, 0.25) is 11.8 Å². The molecule has 2 atom stereocenters. The zero-order valence-electron chi connectivity index (χ0n) is 12.2. The Morgan fingerprint density at radius 3 is 2.05 bits per heavy atom. The molecule has 6 nitrogen and oxygen atoms in total. The quantitative estimate of drug-likeness (QED) is 0.837. The van der Waals surface area contributed by atoms with Crippen molar-refractivity contribution in [2.24, 2.45) is 5.92 Å². The molecule has 3 fully saturated rings. The van der Waals surface area contributed by atoms with Crippen LogP contribution in [-0.2, 0) is 14.4 Å². The van der Waals surface area contributed by atoms with Gasteiger partial charge < -0.3 is 14.9 Å². The third kappa shape index (κ3) is 2.76. The Bertz CT molecular complexity index is 461. The second-order valence-electron chi connectivity index (χ2n) is 6.35. The maximum atomic E-state index is 12.7. The first-order chi connectivity index (χ1) is 10.1. The van der Waals surface area contributed by atoms with E-state index in [0.29, 0.717) is 25.9 Å². The lowest BCUT2D eigenvalue weighted by Gasteiger charge is -2.36. The summed E-state index contributed by atoms with van der Waals surface area (Å²) in [4.78, 5) is 39.5. The van der Waals surface area contributed by atoms with Gasteiger partial charge >= 0.3 is 5.97 Å². The van der Waals surface area contributed by atoms with Crippen LogP contribution in [0.1, 0.15) is 44.9 Å². The summed E-state index contributed by atoms with van der Waals surface area (Å²) < 4.78 is 0. The van der Waals surface area contributed by atoms with Crippen molar-refractivity contribution in [3.63, 3.8) is 0 Å². The minimum atomic E-state index is -0.930. The highest BCUT2D eigenvalue weighted by Crippen LogP contribution is 2.34. The Hall–Kier alpha value is -1.59. The molecule has 3 rings (SSSR count). The van der Waals surface area contributed by atoms with E-state index in [1.54, 1.807) is 4.90 Å². The van der Waals surface area contributed by atoms with E-state index in [-0.39, 0.29) is 17.7 Å². The maximum Gasteiger partial charge on any atom is 0.326 e. The molecule has 0 aromatic rings. The molecule has 1 saturated carbocycles. The van der Waals surface area contributed by atoms with Gasteiger partial charge in [-0.15, -0.1) is 0 Å². The van der Waals surface area contributed by atoms with Crippen LogP contribution in [0, 0.1) is 5.92 Å². The molecule has 2 heterocycles. The van der Waals surface area contributed by atoms with Gasteiger partial charge in [0.1, 0.15) is 12.1 Å². The number of aliphatic carboxylic acids is 1. The van der Waals surface area contributed by atoms with Crippen LogP contribution in [0.4, 0.5) is 0 Å². The van der Waals surface area contributed by atoms with Crippen LogP contribution in [0.15, 0.2) is 0 Å². The van der Waals surface area contributed by atoms with Crippen LogP contribution in [0.25, 0.3) is 0 Å². The van der Waals surface area contributed by atoms with E-state index in [9.17, 15) is 19.5 Å². The number of carbonyl (C=O) groups excluding carboxylic acids is 2. The number of carboxylic acid groups (broad SMARTS) is 1. The fourth-order valence-electron chi connectivity index (χ4n) is 3.50. The van der Waals surface area contributed by atoms with Crippen molar-refractivity contribution in [1.29, 1.82) is 0 Å². The first-order valence-electron chi connectivity index (χ1n) is 7.93. The van der Waals surface area contributed by atoms with E-state index in [2.05, 4.69) is 0 Å². The lowest BCUT2D eigenvalue weighted by Crippen LogP contribution is -2.55. The van der Waals surface area contributed by atoms with Gasteiger partial charge in [-0.3, -0.25) is 9.59 Å². The molecule has 116 valence electrons. The minimum absolute atomic E-state index is 0.0923. The second-order valence-corrected chi connectivity index (χ2v) is 6.35. The molecule has 1 unspecified atom stereocenters. The average Bonchev–Trinajstić information content (AvgIpc) is 3.22. The van der Waals surface area contributed by atoms with Crippen molar-refractivity contribution >= 4 is 17.8 Å². The summed E-state index contributed by atoms with van der Waals surface area (Å²) >= 11 is 0. The van der Waals surface area contributed by atoms with Crippen LogP contribution >= 0.6 is 0 Å². The molecule has 2 saturated heterocycles. The number of rotatable bonds is 3. The van der Waals surface area contributed by atoms with Gasteiger partial charge in [0.25, 0.3) is 0 Å². The molecule has 3 aliphatic rings. The number of carbonyl (C=O) groups is 3. The third-order valence-corrected chi connectivity index (χ3v) is 4.82. The Morgan fingerprint density at radius 2 is 1.38 bits per heavy atom. The molecule has 6 heteroatoms. The van der Waals surface area contributed by atoms with Gasteiger partial charge in [-0.05, 0) is 44.9 Å². The highest BCUT2D eigenvalue weighted by atomic mass is 16.4. The summed E-state index contributed by atoms with van der Waals surface area (Å²) in [6.45, 7) is 1.13. The summed E-state index contributed by atoms with van der Waals surface area (Å²) in [5, 5.41) is 9.30. The normalized spacial score (nSPS) is 29.5. The minimum Gasteiger partial charge on any atom is -0.480 e. The smallest absolute Gasteiger partial charge is 0.326 e. The molecule has 21 heavy (non-hydrogen) atoms. The van der Waals surface area contributed by atoms with Gasteiger partial charge in [-0.25, -0.2) is 4.79 Å². The SMILES string of the molecule is O=C(O)[C@@H]1CCCCN1C(=O)C1CCCN1C(=O)C1CC1. The van der Waals surface area contributed by atoms with Crippen LogP contribution in [-0.4, -0.2) is 57.9 Å². The Balaban J connectivity index is 1.73. The largest absolute Gasteiger partial charge is 0.480 e. The standard InChI is InChI=1S/C15H22N2O4/c18-13(10-6-7-10)16-9-3-5-11(16)14(19)17-8-2-1-4-12(17)15(20)21/h10-12H,1-9H2,(H,20,21)/t11?,12-/m0/s1. The second kappa shape index (κ2) is 5.66. The molecule has 0 aromatic heterocycles. The van der Waals surface area contributed by atoms with Crippen LogP contribution in [0.2, 0.25) is 0 Å². The summed E-state index contributed by atoms with van der Waals surface area (Å²) in [5.74, 6) is -0.889. The first kappa shape index (κ1) is 14.4. The number of carboxylic acids is 1. The van der Waals surface area contributed by atoms with Crippen molar-refractivity contribution in [2.45, 2.75) is 57.0 Å². The summed E-state index contributed by atoms with van der Waals surface area (Å²) in [6, 6.07) is -1.15. The van der Waals surface area contributed by atoms with Crippen molar-refractivity contribution in [3.8, 4) is 0 Å². The first-order valence-corrected chi connectivity index (χ1v) is 7.93. The monoisotopic (exact) mass is 294 g/mol. The zero-order valence-corrected chi connectivity index (χ0v) is 12.2. The highest BCUT2D eigenvalue weighted by Gasteiger charge is 2.44. The Kier molecular flexibility index (Phi) is 3.87. The summed E-state index contributed by atoms with van der Waals surface area (Å²) in [5.41, 5.74) is 0. The number of likely N-dealkylation sites (tertiary alicyclic amines) is 2. The highest BCUT2D eigenvalue weighted by molar-refractivity contribution is 5.92. The molecular formula is C15H22N2O4. The van der Waals surface area contributed by atoms with E-state index < -0.39 is 18.1 Å². The van der Waals surface area contributed by atoms with Crippen molar-refractivity contribution in [1.82, 2.24) is 9.80 Å². The number of piperidine rings is 1. The van der Waals surface area contributed by atoms with Gasteiger partial charge in [0.15, 0.2) is 0 Å². The van der Waals surface area contributed by atoms with E-state index in [0.717, 1.165) is 32.1 Å².